The Morgan fingerprint density at radius 1 is 0.906 bits per heavy atom. The molecule has 1 aliphatic heterocycles. The maximum absolute atomic E-state index is 13.3. The summed E-state index contributed by atoms with van der Waals surface area (Å²) in [4.78, 5) is 38.6. The molecule has 1 N–H and O–H groups in total. The molecule has 2 aromatic carbocycles. The van der Waals surface area contributed by atoms with E-state index in [1.165, 1.54) is 18.2 Å². The minimum Gasteiger partial charge on any atom is -0.318 e. The first-order chi connectivity index (χ1) is 15.2. The van der Waals surface area contributed by atoms with Crippen LogP contribution in [0.1, 0.15) is 17.0 Å². The van der Waals surface area contributed by atoms with Gasteiger partial charge in [-0.05, 0) is 74.0 Å². The number of halogens is 3. The molecule has 0 aliphatic carbocycles. The number of benzene rings is 2. The zero-order valence-electron chi connectivity index (χ0n) is 16.9. The molecule has 4 rings (SSSR count). The van der Waals surface area contributed by atoms with Crippen molar-refractivity contribution in [3.8, 4) is 5.69 Å². The second kappa shape index (κ2) is 8.26. The lowest BCUT2D eigenvalue weighted by Crippen LogP contribution is -2.54. The van der Waals surface area contributed by atoms with Gasteiger partial charge in [0.25, 0.3) is 11.8 Å². The second-order valence-electron chi connectivity index (χ2n) is 7.19. The van der Waals surface area contributed by atoms with E-state index in [4.69, 9.17) is 23.2 Å². The summed E-state index contributed by atoms with van der Waals surface area (Å²) >= 11 is 12.2. The third-order valence-corrected chi connectivity index (χ3v) is 5.86. The quantitative estimate of drug-likeness (QED) is 0.421. The summed E-state index contributed by atoms with van der Waals surface area (Å²) < 4.78 is 15.2. The van der Waals surface area contributed by atoms with Crippen LogP contribution in [-0.4, -0.2) is 22.4 Å². The van der Waals surface area contributed by atoms with Crippen LogP contribution < -0.4 is 10.2 Å². The summed E-state index contributed by atoms with van der Waals surface area (Å²) in [6.07, 6.45) is 1.43. The number of hydrogen-bond donors (Lipinski definition) is 1. The normalized spacial score (nSPS) is 15.5. The van der Waals surface area contributed by atoms with Crippen molar-refractivity contribution in [2.45, 2.75) is 13.8 Å². The van der Waals surface area contributed by atoms with Crippen molar-refractivity contribution in [3.05, 3.63) is 86.9 Å². The molecule has 0 bridgehead atoms. The number of nitrogens with one attached hydrogen (secondary N) is 1. The summed E-state index contributed by atoms with van der Waals surface area (Å²) in [5, 5.41) is 2.98. The first-order valence-corrected chi connectivity index (χ1v) is 10.2. The highest BCUT2D eigenvalue weighted by Gasteiger charge is 2.37. The van der Waals surface area contributed by atoms with Crippen LogP contribution in [0.5, 0.6) is 0 Å². The number of nitrogens with zero attached hydrogens (tertiary/aromatic N) is 2. The number of urea groups is 1. The Hall–Kier alpha value is -3.42. The lowest BCUT2D eigenvalue weighted by atomic mass is 10.1. The molecule has 0 radical (unpaired) electrons. The molecule has 162 valence electrons. The van der Waals surface area contributed by atoms with Crippen molar-refractivity contribution in [2.24, 2.45) is 0 Å². The maximum atomic E-state index is 13.3. The van der Waals surface area contributed by atoms with Crippen molar-refractivity contribution in [1.82, 2.24) is 9.88 Å². The van der Waals surface area contributed by atoms with Gasteiger partial charge in [-0.1, -0.05) is 23.2 Å². The van der Waals surface area contributed by atoms with Gasteiger partial charge < -0.3 is 4.57 Å². The molecule has 3 aromatic rings. The maximum Gasteiger partial charge on any atom is 0.335 e. The van der Waals surface area contributed by atoms with Gasteiger partial charge >= 0.3 is 6.03 Å². The standard InChI is InChI=1S/C23H16Cl2FN3O3/c1-12-9-14(13(2)28(12)17-7-8-19(24)20(25)11-17)10-18-21(30)27-23(32)29(22(18)31)16-5-3-15(26)4-6-16/h3-11H,1-2H3,(H,27,30,32)/b18-10+. The van der Waals surface area contributed by atoms with Crippen LogP contribution in [0.15, 0.2) is 54.1 Å². The number of anilines is 1. The number of rotatable bonds is 3. The van der Waals surface area contributed by atoms with Crippen molar-refractivity contribution in [1.29, 1.82) is 0 Å². The molecule has 32 heavy (non-hydrogen) atoms. The summed E-state index contributed by atoms with van der Waals surface area (Å²) in [5.41, 5.74) is 2.89. The fraction of sp³-hybridized carbons (Fsp3) is 0.0870. The van der Waals surface area contributed by atoms with E-state index >= 15 is 0 Å². The predicted molar refractivity (Wildman–Crippen MR) is 121 cm³/mol. The Balaban J connectivity index is 1.76. The number of amides is 4. The first kappa shape index (κ1) is 21.8. The first-order valence-electron chi connectivity index (χ1n) is 9.49. The third kappa shape index (κ3) is 3.81. The molecule has 1 fully saturated rings. The van der Waals surface area contributed by atoms with Crippen molar-refractivity contribution in [2.75, 3.05) is 4.90 Å². The molecule has 9 heteroatoms. The van der Waals surface area contributed by atoms with Crippen molar-refractivity contribution >= 4 is 52.8 Å². The highest BCUT2D eigenvalue weighted by Crippen LogP contribution is 2.29. The Morgan fingerprint density at radius 3 is 2.22 bits per heavy atom. The summed E-state index contributed by atoms with van der Waals surface area (Å²) in [7, 11) is 0. The average Bonchev–Trinajstić information content (AvgIpc) is 3.01. The van der Waals surface area contributed by atoms with Gasteiger partial charge in [0.15, 0.2) is 0 Å². The molecule has 0 spiro atoms. The Bertz CT molecular complexity index is 1310. The SMILES string of the molecule is Cc1cc(/C=C2\C(=O)NC(=O)N(c3ccc(F)cc3)C2=O)c(C)n1-c1ccc(Cl)c(Cl)c1. The summed E-state index contributed by atoms with van der Waals surface area (Å²) in [6, 6.07) is 10.9. The lowest BCUT2D eigenvalue weighted by molar-refractivity contribution is -0.122. The second-order valence-corrected chi connectivity index (χ2v) is 8.01. The van der Waals surface area contributed by atoms with E-state index in [1.54, 1.807) is 18.2 Å². The van der Waals surface area contributed by atoms with Gasteiger partial charge in [-0.3, -0.25) is 14.9 Å². The summed E-state index contributed by atoms with van der Waals surface area (Å²) in [6.45, 7) is 3.70. The fourth-order valence-corrected chi connectivity index (χ4v) is 3.89. The molecular weight excluding hydrogens is 456 g/mol. The molecule has 0 atom stereocenters. The van der Waals surface area contributed by atoms with E-state index in [1.807, 2.05) is 24.5 Å². The van der Waals surface area contributed by atoms with Gasteiger partial charge in [-0.25, -0.2) is 14.1 Å². The monoisotopic (exact) mass is 471 g/mol. The molecule has 1 aromatic heterocycles. The van der Waals surface area contributed by atoms with E-state index in [-0.39, 0.29) is 11.3 Å². The van der Waals surface area contributed by atoms with Crippen molar-refractivity contribution < 1.29 is 18.8 Å². The molecular formula is C23H16Cl2FN3O3. The van der Waals surface area contributed by atoms with Crippen LogP contribution in [0.4, 0.5) is 14.9 Å². The Morgan fingerprint density at radius 2 is 1.56 bits per heavy atom. The van der Waals surface area contributed by atoms with E-state index < -0.39 is 23.7 Å². The zero-order valence-corrected chi connectivity index (χ0v) is 18.5. The molecule has 0 unspecified atom stereocenters. The molecule has 1 aliphatic rings. The number of barbiturate groups is 1. The smallest absolute Gasteiger partial charge is 0.318 e. The Kier molecular flexibility index (Phi) is 5.62. The lowest BCUT2D eigenvalue weighted by Gasteiger charge is -2.26. The van der Waals surface area contributed by atoms with Crippen molar-refractivity contribution in [3.63, 3.8) is 0 Å². The Labute approximate surface area is 192 Å². The van der Waals surface area contributed by atoms with Gasteiger partial charge in [-0.15, -0.1) is 0 Å². The highest BCUT2D eigenvalue weighted by molar-refractivity contribution is 6.42. The molecule has 0 saturated carbocycles. The molecule has 2 heterocycles. The molecule has 1 saturated heterocycles. The van der Waals surface area contributed by atoms with Crippen LogP contribution in [-0.2, 0) is 9.59 Å². The van der Waals surface area contributed by atoms with Gasteiger partial charge in [0.2, 0.25) is 0 Å². The predicted octanol–water partition coefficient (Wildman–Crippen LogP) is 5.21. The van der Waals surface area contributed by atoms with E-state index in [2.05, 4.69) is 5.32 Å². The number of carbonyl (C=O) groups excluding carboxylic acids is 3. The number of aromatic nitrogens is 1. The zero-order chi connectivity index (χ0) is 23.2. The van der Waals surface area contributed by atoms with E-state index in [0.29, 0.717) is 15.6 Å². The fourth-order valence-electron chi connectivity index (χ4n) is 3.59. The van der Waals surface area contributed by atoms with Crippen LogP contribution in [0.3, 0.4) is 0 Å². The minimum atomic E-state index is -0.898. The van der Waals surface area contributed by atoms with Gasteiger partial charge in [0.1, 0.15) is 11.4 Å². The molecule has 6 nitrogen and oxygen atoms in total. The third-order valence-electron chi connectivity index (χ3n) is 5.12. The minimum absolute atomic E-state index is 0.147. The van der Waals surface area contributed by atoms with Gasteiger partial charge in [-0.2, -0.15) is 0 Å². The van der Waals surface area contributed by atoms with Gasteiger partial charge in [0, 0.05) is 17.1 Å². The topological polar surface area (TPSA) is 71.4 Å². The number of carbonyl (C=O) groups is 3. The molecule has 4 amide bonds. The van der Waals surface area contributed by atoms with E-state index in [9.17, 15) is 18.8 Å². The van der Waals surface area contributed by atoms with Gasteiger partial charge in [0.05, 0.1) is 15.7 Å². The van der Waals surface area contributed by atoms with Crippen LogP contribution >= 0.6 is 23.2 Å². The van der Waals surface area contributed by atoms with Crippen LogP contribution in [0.2, 0.25) is 10.0 Å². The van der Waals surface area contributed by atoms with Crippen LogP contribution in [0, 0.1) is 19.7 Å². The highest BCUT2D eigenvalue weighted by atomic mass is 35.5. The average molecular weight is 472 g/mol. The largest absolute Gasteiger partial charge is 0.335 e. The number of imide groups is 2. The number of hydrogen-bond acceptors (Lipinski definition) is 3. The number of aryl methyl sites for hydroxylation is 1. The van der Waals surface area contributed by atoms with Crippen LogP contribution in [0.25, 0.3) is 11.8 Å². The van der Waals surface area contributed by atoms with E-state index in [0.717, 1.165) is 34.1 Å². The summed E-state index contributed by atoms with van der Waals surface area (Å²) in [5.74, 6) is -2.12.